The molecule has 0 atom stereocenters. The van der Waals surface area contributed by atoms with Crippen LogP contribution in [0.1, 0.15) is 52.5 Å². The van der Waals surface area contributed by atoms with Crippen LogP contribution in [0.25, 0.3) is 0 Å². The van der Waals surface area contributed by atoms with Crippen molar-refractivity contribution in [2.75, 3.05) is 31.1 Å². The number of anilines is 1. The summed E-state index contributed by atoms with van der Waals surface area (Å²) in [6.45, 7) is 5.77. The first-order chi connectivity index (χ1) is 12.2. The van der Waals surface area contributed by atoms with Gasteiger partial charge >= 0.3 is 0 Å². The molecule has 0 aromatic carbocycles. The van der Waals surface area contributed by atoms with E-state index in [9.17, 15) is 4.79 Å². The maximum atomic E-state index is 13.0. The molecular formula is C20H24N4O. The van der Waals surface area contributed by atoms with Gasteiger partial charge in [0.05, 0.1) is 0 Å². The Morgan fingerprint density at radius 1 is 1.24 bits per heavy atom. The van der Waals surface area contributed by atoms with Gasteiger partial charge in [-0.1, -0.05) is 6.07 Å². The van der Waals surface area contributed by atoms with Crippen molar-refractivity contribution in [1.82, 2.24) is 15.3 Å². The van der Waals surface area contributed by atoms with Crippen LogP contribution in [0.3, 0.4) is 0 Å². The predicted octanol–water partition coefficient (Wildman–Crippen LogP) is 2.69. The molecule has 1 saturated heterocycles. The van der Waals surface area contributed by atoms with E-state index >= 15 is 0 Å². The molecule has 0 radical (unpaired) electrons. The van der Waals surface area contributed by atoms with Crippen molar-refractivity contribution in [3.05, 3.63) is 53.0 Å². The van der Waals surface area contributed by atoms with E-state index in [4.69, 9.17) is 0 Å². The number of pyridine rings is 2. The van der Waals surface area contributed by atoms with Gasteiger partial charge in [0.15, 0.2) is 0 Å². The lowest BCUT2D eigenvalue weighted by atomic mass is 10.0. The lowest BCUT2D eigenvalue weighted by Crippen LogP contribution is -2.29. The fourth-order valence-corrected chi connectivity index (χ4v) is 3.36. The van der Waals surface area contributed by atoms with Crippen molar-refractivity contribution < 1.29 is 4.79 Å². The van der Waals surface area contributed by atoms with Gasteiger partial charge in [0.2, 0.25) is 5.78 Å². The van der Waals surface area contributed by atoms with Gasteiger partial charge < -0.3 is 10.2 Å². The van der Waals surface area contributed by atoms with Gasteiger partial charge in [-0.2, -0.15) is 0 Å². The zero-order valence-electron chi connectivity index (χ0n) is 14.7. The average Bonchev–Trinajstić information content (AvgIpc) is 3.48. The minimum atomic E-state index is -0.0257. The van der Waals surface area contributed by atoms with Crippen molar-refractivity contribution in [2.45, 2.75) is 32.1 Å². The van der Waals surface area contributed by atoms with Crippen molar-refractivity contribution in [3.63, 3.8) is 0 Å². The van der Waals surface area contributed by atoms with E-state index in [2.05, 4.69) is 20.2 Å². The molecule has 2 aromatic rings. The molecule has 5 heteroatoms. The summed E-state index contributed by atoms with van der Waals surface area (Å²) in [6.07, 6.45) is 5.41. The molecule has 1 aliphatic heterocycles. The Bertz CT molecular complexity index is 777. The van der Waals surface area contributed by atoms with Gasteiger partial charge in [-0.3, -0.25) is 9.78 Å². The molecule has 0 unspecified atom stereocenters. The standard InChI is InChI=1S/C20H24N4O/c1-14-17(12-16(13-22-14)15-6-7-15)20(25)18-4-2-5-19(23-18)24-10-3-8-21-9-11-24/h2,4-5,12-13,15,21H,3,6-11H2,1H3. The molecule has 3 heterocycles. The highest BCUT2D eigenvalue weighted by Crippen LogP contribution is 2.40. The third kappa shape index (κ3) is 3.56. The van der Waals surface area contributed by atoms with Crippen LogP contribution in [-0.4, -0.2) is 41.9 Å². The van der Waals surface area contributed by atoms with Crippen molar-refractivity contribution in [2.24, 2.45) is 0 Å². The van der Waals surface area contributed by atoms with E-state index in [0.717, 1.165) is 44.1 Å². The topological polar surface area (TPSA) is 58.1 Å². The average molecular weight is 336 g/mol. The number of aromatic nitrogens is 2. The van der Waals surface area contributed by atoms with Gasteiger partial charge in [-0.25, -0.2) is 4.98 Å². The van der Waals surface area contributed by atoms with Crippen LogP contribution in [0, 0.1) is 6.92 Å². The quantitative estimate of drug-likeness (QED) is 0.870. The van der Waals surface area contributed by atoms with Crippen molar-refractivity contribution >= 4 is 11.6 Å². The van der Waals surface area contributed by atoms with E-state index in [1.54, 1.807) is 0 Å². The fourth-order valence-electron chi connectivity index (χ4n) is 3.36. The summed E-state index contributed by atoms with van der Waals surface area (Å²) in [4.78, 5) is 24.4. The third-order valence-corrected chi connectivity index (χ3v) is 5.03. The van der Waals surface area contributed by atoms with Gasteiger partial charge in [-0.15, -0.1) is 0 Å². The zero-order chi connectivity index (χ0) is 17.2. The first kappa shape index (κ1) is 16.2. The largest absolute Gasteiger partial charge is 0.355 e. The Labute approximate surface area is 148 Å². The minimum Gasteiger partial charge on any atom is -0.355 e. The Balaban J connectivity index is 1.62. The van der Waals surface area contributed by atoms with Crippen LogP contribution in [0.4, 0.5) is 5.82 Å². The summed E-state index contributed by atoms with van der Waals surface area (Å²) < 4.78 is 0. The summed E-state index contributed by atoms with van der Waals surface area (Å²) in [6, 6.07) is 7.76. The lowest BCUT2D eigenvalue weighted by molar-refractivity contribution is 0.103. The number of nitrogens with zero attached hydrogens (tertiary/aromatic N) is 3. The molecule has 4 rings (SSSR count). The molecule has 1 saturated carbocycles. The summed E-state index contributed by atoms with van der Waals surface area (Å²) in [5, 5.41) is 3.40. The molecule has 2 fully saturated rings. The zero-order valence-corrected chi connectivity index (χ0v) is 14.7. The third-order valence-electron chi connectivity index (χ3n) is 5.03. The second kappa shape index (κ2) is 6.92. The SMILES string of the molecule is Cc1ncc(C2CC2)cc1C(=O)c1cccc(N2CCCNCC2)n1. The van der Waals surface area contributed by atoms with E-state index in [-0.39, 0.29) is 5.78 Å². The molecule has 5 nitrogen and oxygen atoms in total. The molecule has 1 aliphatic carbocycles. The maximum absolute atomic E-state index is 13.0. The van der Waals surface area contributed by atoms with E-state index in [1.165, 1.54) is 18.4 Å². The summed E-state index contributed by atoms with van der Waals surface area (Å²) in [7, 11) is 0. The molecule has 2 aromatic heterocycles. The number of rotatable bonds is 4. The highest BCUT2D eigenvalue weighted by atomic mass is 16.1. The number of hydrogen-bond donors (Lipinski definition) is 1. The summed E-state index contributed by atoms with van der Waals surface area (Å²) in [5.74, 6) is 1.45. The van der Waals surface area contributed by atoms with Crippen LogP contribution >= 0.6 is 0 Å². The van der Waals surface area contributed by atoms with E-state index in [1.807, 2.05) is 37.4 Å². The van der Waals surface area contributed by atoms with E-state index < -0.39 is 0 Å². The molecule has 130 valence electrons. The van der Waals surface area contributed by atoms with Crippen LogP contribution in [0.15, 0.2) is 30.5 Å². The second-order valence-electron chi connectivity index (χ2n) is 6.98. The first-order valence-electron chi connectivity index (χ1n) is 9.16. The maximum Gasteiger partial charge on any atom is 0.213 e. The van der Waals surface area contributed by atoms with Crippen LogP contribution in [-0.2, 0) is 0 Å². The van der Waals surface area contributed by atoms with E-state index in [0.29, 0.717) is 17.2 Å². The summed E-state index contributed by atoms with van der Waals surface area (Å²) in [5.41, 5.74) is 3.16. The van der Waals surface area contributed by atoms with Crippen LogP contribution in [0.5, 0.6) is 0 Å². The highest BCUT2D eigenvalue weighted by molar-refractivity contribution is 6.08. The predicted molar refractivity (Wildman–Crippen MR) is 98.3 cm³/mol. The molecular weight excluding hydrogens is 312 g/mol. The number of carbonyl (C=O) groups excluding carboxylic acids is 1. The number of hydrogen-bond acceptors (Lipinski definition) is 5. The van der Waals surface area contributed by atoms with Gasteiger partial charge in [0, 0.05) is 37.1 Å². The molecule has 25 heavy (non-hydrogen) atoms. The minimum absolute atomic E-state index is 0.0257. The molecule has 1 N–H and O–H groups in total. The van der Waals surface area contributed by atoms with Gasteiger partial charge in [0.1, 0.15) is 11.5 Å². The van der Waals surface area contributed by atoms with Crippen molar-refractivity contribution in [1.29, 1.82) is 0 Å². The lowest BCUT2D eigenvalue weighted by Gasteiger charge is -2.21. The summed E-state index contributed by atoms with van der Waals surface area (Å²) >= 11 is 0. The second-order valence-corrected chi connectivity index (χ2v) is 6.98. The molecule has 0 bridgehead atoms. The molecule has 2 aliphatic rings. The molecule has 0 spiro atoms. The Morgan fingerprint density at radius 3 is 2.96 bits per heavy atom. The number of carbonyl (C=O) groups is 1. The fraction of sp³-hybridized carbons (Fsp3) is 0.450. The van der Waals surface area contributed by atoms with Gasteiger partial charge in [-0.05, 0) is 62.4 Å². The Kier molecular flexibility index (Phi) is 4.49. The Hall–Kier alpha value is -2.27. The van der Waals surface area contributed by atoms with Crippen LogP contribution in [0.2, 0.25) is 0 Å². The van der Waals surface area contributed by atoms with Crippen LogP contribution < -0.4 is 10.2 Å². The normalized spacial score (nSPS) is 18.0. The number of aryl methyl sites for hydroxylation is 1. The molecule has 0 amide bonds. The number of ketones is 1. The van der Waals surface area contributed by atoms with Gasteiger partial charge in [0.25, 0.3) is 0 Å². The van der Waals surface area contributed by atoms with Crippen molar-refractivity contribution in [3.8, 4) is 0 Å². The smallest absolute Gasteiger partial charge is 0.213 e. The first-order valence-corrected chi connectivity index (χ1v) is 9.16. The Morgan fingerprint density at radius 2 is 2.12 bits per heavy atom. The number of nitrogens with one attached hydrogen (secondary N) is 1. The highest BCUT2D eigenvalue weighted by Gasteiger charge is 2.26. The monoisotopic (exact) mass is 336 g/mol.